The summed E-state index contributed by atoms with van der Waals surface area (Å²) in [5.74, 6) is -0.831. The standard InChI is InChI=1S/C17H19N3O3/c1-3-19-15(21)13-9-14(16(22)18-2)17(23)20(11-13)10-12-7-5-4-6-8-12/h4-9,11H,3,10H2,1-2H3,(H,18,22)(H,19,21). The highest BCUT2D eigenvalue weighted by atomic mass is 16.2. The van der Waals surface area contributed by atoms with Gasteiger partial charge in [0.05, 0.1) is 12.1 Å². The minimum atomic E-state index is -0.511. The summed E-state index contributed by atoms with van der Waals surface area (Å²) in [6.07, 6.45) is 1.48. The van der Waals surface area contributed by atoms with Crippen molar-refractivity contribution in [3.05, 3.63) is 69.6 Å². The third kappa shape index (κ3) is 3.85. The number of carbonyl (C=O) groups excluding carboxylic acids is 2. The van der Waals surface area contributed by atoms with Crippen LogP contribution in [0.15, 0.2) is 47.4 Å². The summed E-state index contributed by atoms with van der Waals surface area (Å²) in [4.78, 5) is 36.5. The molecule has 1 aromatic carbocycles. The van der Waals surface area contributed by atoms with Gasteiger partial charge in [-0.15, -0.1) is 0 Å². The van der Waals surface area contributed by atoms with Crippen LogP contribution in [0.4, 0.5) is 0 Å². The van der Waals surface area contributed by atoms with Crippen LogP contribution in [0, 0.1) is 0 Å². The van der Waals surface area contributed by atoms with Crippen molar-refractivity contribution in [2.45, 2.75) is 13.5 Å². The van der Waals surface area contributed by atoms with Crippen LogP contribution in [0.25, 0.3) is 0 Å². The fraction of sp³-hybridized carbons (Fsp3) is 0.235. The smallest absolute Gasteiger partial charge is 0.263 e. The van der Waals surface area contributed by atoms with Crippen LogP contribution < -0.4 is 16.2 Å². The molecule has 0 spiro atoms. The Morgan fingerprint density at radius 2 is 1.83 bits per heavy atom. The van der Waals surface area contributed by atoms with Crippen molar-refractivity contribution in [1.29, 1.82) is 0 Å². The Morgan fingerprint density at radius 1 is 1.13 bits per heavy atom. The first-order chi connectivity index (χ1) is 11.1. The second kappa shape index (κ2) is 7.40. The molecule has 2 aromatic rings. The average molecular weight is 313 g/mol. The lowest BCUT2D eigenvalue weighted by Gasteiger charge is -2.11. The van der Waals surface area contributed by atoms with E-state index in [0.717, 1.165) is 5.56 Å². The third-order valence-electron chi connectivity index (χ3n) is 3.35. The molecule has 0 saturated carbocycles. The fourth-order valence-corrected chi connectivity index (χ4v) is 2.22. The highest BCUT2D eigenvalue weighted by Crippen LogP contribution is 2.05. The Morgan fingerprint density at radius 3 is 2.43 bits per heavy atom. The molecule has 6 heteroatoms. The summed E-state index contributed by atoms with van der Waals surface area (Å²) >= 11 is 0. The number of nitrogens with one attached hydrogen (secondary N) is 2. The van der Waals surface area contributed by atoms with Crippen molar-refractivity contribution in [3.8, 4) is 0 Å². The number of hydrogen-bond donors (Lipinski definition) is 2. The van der Waals surface area contributed by atoms with Gasteiger partial charge in [0, 0.05) is 19.8 Å². The summed E-state index contributed by atoms with van der Waals surface area (Å²) < 4.78 is 1.38. The molecule has 2 rings (SSSR count). The van der Waals surface area contributed by atoms with Crippen LogP contribution in [-0.2, 0) is 6.54 Å². The molecule has 0 radical (unpaired) electrons. The molecule has 0 bridgehead atoms. The van der Waals surface area contributed by atoms with E-state index in [9.17, 15) is 14.4 Å². The molecule has 120 valence electrons. The Balaban J connectivity index is 2.51. The molecular formula is C17H19N3O3. The molecule has 1 heterocycles. The molecule has 6 nitrogen and oxygen atoms in total. The van der Waals surface area contributed by atoms with Gasteiger partial charge in [0.1, 0.15) is 5.56 Å². The lowest BCUT2D eigenvalue weighted by Crippen LogP contribution is -2.34. The van der Waals surface area contributed by atoms with Crippen LogP contribution in [0.5, 0.6) is 0 Å². The molecule has 2 N–H and O–H groups in total. The minimum Gasteiger partial charge on any atom is -0.355 e. The van der Waals surface area contributed by atoms with Gasteiger partial charge in [-0.05, 0) is 18.6 Å². The first kappa shape index (κ1) is 16.5. The van der Waals surface area contributed by atoms with Crippen LogP contribution in [0.3, 0.4) is 0 Å². The normalized spacial score (nSPS) is 10.2. The largest absolute Gasteiger partial charge is 0.355 e. The third-order valence-corrected chi connectivity index (χ3v) is 3.35. The second-order valence-corrected chi connectivity index (χ2v) is 5.00. The van der Waals surface area contributed by atoms with Gasteiger partial charge in [-0.3, -0.25) is 14.4 Å². The highest BCUT2D eigenvalue weighted by molar-refractivity contribution is 5.99. The predicted molar refractivity (Wildman–Crippen MR) is 87.6 cm³/mol. The van der Waals surface area contributed by atoms with Gasteiger partial charge in [0.2, 0.25) is 0 Å². The van der Waals surface area contributed by atoms with E-state index in [1.165, 1.54) is 23.9 Å². The zero-order valence-electron chi connectivity index (χ0n) is 13.1. The van der Waals surface area contributed by atoms with Crippen molar-refractivity contribution in [1.82, 2.24) is 15.2 Å². The summed E-state index contributed by atoms with van der Waals surface area (Å²) in [6, 6.07) is 10.7. The van der Waals surface area contributed by atoms with Crippen molar-refractivity contribution in [2.75, 3.05) is 13.6 Å². The Kier molecular flexibility index (Phi) is 5.30. The fourth-order valence-electron chi connectivity index (χ4n) is 2.22. The van der Waals surface area contributed by atoms with Gasteiger partial charge >= 0.3 is 0 Å². The maximum Gasteiger partial charge on any atom is 0.263 e. The first-order valence-electron chi connectivity index (χ1n) is 7.35. The van der Waals surface area contributed by atoms with E-state index in [1.807, 2.05) is 30.3 Å². The van der Waals surface area contributed by atoms with Crippen LogP contribution in [0.1, 0.15) is 33.2 Å². The molecule has 0 aliphatic carbocycles. The van der Waals surface area contributed by atoms with E-state index >= 15 is 0 Å². The van der Waals surface area contributed by atoms with E-state index in [2.05, 4.69) is 10.6 Å². The summed E-state index contributed by atoms with van der Waals surface area (Å²) in [5.41, 5.74) is 0.708. The molecule has 23 heavy (non-hydrogen) atoms. The topological polar surface area (TPSA) is 80.2 Å². The maximum absolute atomic E-state index is 12.5. The Hall–Kier alpha value is -2.89. The first-order valence-corrected chi connectivity index (χ1v) is 7.35. The lowest BCUT2D eigenvalue weighted by atomic mass is 10.1. The number of pyridine rings is 1. The van der Waals surface area contributed by atoms with Gasteiger partial charge < -0.3 is 15.2 Å². The van der Waals surface area contributed by atoms with E-state index in [-0.39, 0.29) is 23.6 Å². The van der Waals surface area contributed by atoms with Gasteiger partial charge in [-0.25, -0.2) is 0 Å². The quantitative estimate of drug-likeness (QED) is 0.864. The molecule has 0 unspecified atom stereocenters. The molecule has 0 atom stereocenters. The molecule has 0 fully saturated rings. The van der Waals surface area contributed by atoms with Gasteiger partial charge in [0.15, 0.2) is 0 Å². The minimum absolute atomic E-state index is 0.0489. The molecular weight excluding hydrogens is 294 g/mol. The van der Waals surface area contributed by atoms with Crippen LogP contribution in [0.2, 0.25) is 0 Å². The number of amides is 2. The van der Waals surface area contributed by atoms with Crippen molar-refractivity contribution >= 4 is 11.8 Å². The predicted octanol–water partition coefficient (Wildman–Crippen LogP) is 1.01. The number of aromatic nitrogens is 1. The number of nitrogens with zero attached hydrogens (tertiary/aromatic N) is 1. The molecule has 0 saturated heterocycles. The van der Waals surface area contributed by atoms with Gasteiger partial charge in [-0.2, -0.15) is 0 Å². The number of hydrogen-bond acceptors (Lipinski definition) is 3. The molecule has 0 aliphatic rings. The average Bonchev–Trinajstić information content (AvgIpc) is 2.57. The number of benzene rings is 1. The number of rotatable bonds is 5. The van der Waals surface area contributed by atoms with Gasteiger partial charge in [0.25, 0.3) is 17.4 Å². The van der Waals surface area contributed by atoms with Crippen LogP contribution >= 0.6 is 0 Å². The van der Waals surface area contributed by atoms with E-state index in [1.54, 1.807) is 6.92 Å². The van der Waals surface area contributed by atoms with E-state index in [4.69, 9.17) is 0 Å². The monoisotopic (exact) mass is 313 g/mol. The second-order valence-electron chi connectivity index (χ2n) is 5.00. The van der Waals surface area contributed by atoms with Crippen LogP contribution in [-0.4, -0.2) is 30.0 Å². The lowest BCUT2D eigenvalue weighted by molar-refractivity contribution is 0.0955. The summed E-state index contributed by atoms with van der Waals surface area (Å²) in [5, 5.41) is 5.10. The molecule has 1 aromatic heterocycles. The maximum atomic E-state index is 12.5. The molecule has 0 aliphatic heterocycles. The zero-order valence-corrected chi connectivity index (χ0v) is 13.1. The Labute approximate surface area is 134 Å². The van der Waals surface area contributed by atoms with Crippen molar-refractivity contribution in [3.63, 3.8) is 0 Å². The number of carbonyl (C=O) groups is 2. The zero-order chi connectivity index (χ0) is 16.8. The Bertz CT molecular complexity index is 766. The van der Waals surface area contributed by atoms with E-state index < -0.39 is 11.5 Å². The summed E-state index contributed by atoms with van der Waals surface area (Å²) in [7, 11) is 1.45. The van der Waals surface area contributed by atoms with Crippen molar-refractivity contribution < 1.29 is 9.59 Å². The van der Waals surface area contributed by atoms with Crippen molar-refractivity contribution in [2.24, 2.45) is 0 Å². The van der Waals surface area contributed by atoms with E-state index in [0.29, 0.717) is 6.54 Å². The SMILES string of the molecule is CCNC(=O)c1cc(C(=O)NC)c(=O)n(Cc2ccccc2)c1. The van der Waals surface area contributed by atoms with Gasteiger partial charge in [-0.1, -0.05) is 30.3 Å². The highest BCUT2D eigenvalue weighted by Gasteiger charge is 2.16. The summed E-state index contributed by atoms with van der Waals surface area (Å²) in [6.45, 7) is 2.56. The molecule has 2 amide bonds.